The molecule has 36 heavy (non-hydrogen) atoms. The molecule has 2 aliphatic heterocycles. The topological polar surface area (TPSA) is 118 Å². The minimum atomic E-state index is -1.93. The fourth-order valence-electron chi connectivity index (χ4n) is 4.59. The van der Waals surface area contributed by atoms with Crippen LogP contribution >= 0.6 is 11.3 Å². The number of esters is 1. The van der Waals surface area contributed by atoms with E-state index < -0.39 is 60.1 Å². The number of carbonyl (C=O) groups is 2. The molecular weight excluding hydrogens is 489 g/mol. The van der Waals surface area contributed by atoms with E-state index >= 15 is 4.39 Å². The van der Waals surface area contributed by atoms with Gasteiger partial charge in [0.15, 0.2) is 0 Å². The van der Waals surface area contributed by atoms with Crippen LogP contribution in [0.4, 0.5) is 4.39 Å². The fraction of sp³-hybridized carbons (Fsp3) is 0.731. The first-order chi connectivity index (χ1) is 16.8. The standard InChI is InChI=1S/C26H38FNO7S/c1-7-18-23(31)15(3)33-9-8-26(27)21(35-26)11-19(14(2)10-17-13-36-16(4)28-17)34-22(30)12-20(29)25(5,6)24(18)32/h10,13,15,18-21,23,29,31H,7-9,11-12H2,1-6H3/t15-,18+,19-,20-,21+,23+,26-/m0/s1. The van der Waals surface area contributed by atoms with Gasteiger partial charge in [0.05, 0.1) is 47.5 Å². The van der Waals surface area contributed by atoms with E-state index in [1.165, 1.54) is 11.3 Å². The summed E-state index contributed by atoms with van der Waals surface area (Å²) in [5, 5.41) is 24.4. The van der Waals surface area contributed by atoms with Crippen molar-refractivity contribution in [1.29, 1.82) is 0 Å². The number of aromatic nitrogens is 1. The minimum absolute atomic E-state index is 0.0146. The Labute approximate surface area is 215 Å². The van der Waals surface area contributed by atoms with Gasteiger partial charge in [-0.15, -0.1) is 11.3 Å². The second-order valence-corrected chi connectivity index (χ2v) is 11.5. The summed E-state index contributed by atoms with van der Waals surface area (Å²) in [5.74, 6) is -3.83. The van der Waals surface area contributed by atoms with E-state index in [4.69, 9.17) is 14.2 Å². The summed E-state index contributed by atoms with van der Waals surface area (Å²) in [6.07, 6.45) is -3.11. The Bertz CT molecular complexity index is 979. The second kappa shape index (κ2) is 11.3. The average Bonchev–Trinajstić information content (AvgIpc) is 3.24. The molecule has 0 bridgehead atoms. The third-order valence-electron chi connectivity index (χ3n) is 7.31. The average molecular weight is 528 g/mol. The van der Waals surface area contributed by atoms with E-state index in [1.54, 1.807) is 40.7 Å². The number of nitrogens with zero attached hydrogens (tertiary/aromatic N) is 1. The maximum atomic E-state index is 15.2. The summed E-state index contributed by atoms with van der Waals surface area (Å²) in [5.41, 5.74) is 0.0557. The quantitative estimate of drug-likeness (QED) is 0.451. The molecule has 7 atom stereocenters. The Morgan fingerprint density at radius 3 is 2.64 bits per heavy atom. The molecule has 0 amide bonds. The summed E-state index contributed by atoms with van der Waals surface area (Å²) in [7, 11) is 0. The summed E-state index contributed by atoms with van der Waals surface area (Å²) in [6.45, 7) is 10.1. The molecule has 0 radical (unpaired) electrons. The lowest BCUT2D eigenvalue weighted by atomic mass is 9.73. The zero-order chi connectivity index (χ0) is 26.8. The molecule has 2 N–H and O–H groups in total. The van der Waals surface area contributed by atoms with E-state index in [0.29, 0.717) is 17.7 Å². The number of aryl methyl sites for hydroxylation is 1. The number of ketones is 1. The van der Waals surface area contributed by atoms with Crippen LogP contribution in [-0.4, -0.2) is 69.9 Å². The molecule has 2 aliphatic rings. The van der Waals surface area contributed by atoms with Gasteiger partial charge in [-0.2, -0.15) is 0 Å². The van der Waals surface area contributed by atoms with E-state index in [-0.39, 0.29) is 25.2 Å². The Hall–Kier alpha value is -1.72. The molecule has 1 aromatic heterocycles. The molecule has 202 valence electrons. The minimum Gasteiger partial charge on any atom is -0.458 e. The highest BCUT2D eigenvalue weighted by molar-refractivity contribution is 7.09. The number of ether oxygens (including phenoxy) is 3. The summed E-state index contributed by atoms with van der Waals surface area (Å²) < 4.78 is 31.9. The lowest BCUT2D eigenvalue weighted by molar-refractivity contribution is -0.155. The molecule has 8 nitrogen and oxygen atoms in total. The number of cyclic esters (lactones) is 1. The van der Waals surface area contributed by atoms with Crippen molar-refractivity contribution in [3.63, 3.8) is 0 Å². The molecular formula is C26H38FNO7S. The number of fused-ring (bicyclic) bond motifs is 1. The lowest BCUT2D eigenvalue weighted by Gasteiger charge is -2.35. The van der Waals surface area contributed by atoms with Crippen molar-refractivity contribution in [2.75, 3.05) is 6.61 Å². The van der Waals surface area contributed by atoms with Gasteiger partial charge < -0.3 is 24.4 Å². The number of aliphatic hydroxyl groups is 2. The fourth-order valence-corrected chi connectivity index (χ4v) is 5.16. The highest BCUT2D eigenvalue weighted by Gasteiger charge is 2.58. The first kappa shape index (κ1) is 28.8. The maximum absolute atomic E-state index is 15.2. The zero-order valence-electron chi connectivity index (χ0n) is 21.8. The molecule has 3 heterocycles. The number of hydrogen-bond acceptors (Lipinski definition) is 9. The zero-order valence-corrected chi connectivity index (χ0v) is 22.6. The second-order valence-electron chi connectivity index (χ2n) is 10.4. The molecule has 3 rings (SSSR count). The number of thiazole rings is 1. The van der Waals surface area contributed by atoms with Crippen molar-refractivity contribution < 1.29 is 38.4 Å². The predicted molar refractivity (Wildman–Crippen MR) is 133 cm³/mol. The molecule has 0 saturated carbocycles. The number of epoxide rings is 1. The first-order valence-electron chi connectivity index (χ1n) is 12.5. The predicted octanol–water partition coefficient (Wildman–Crippen LogP) is 3.76. The van der Waals surface area contributed by atoms with Gasteiger partial charge in [0.25, 0.3) is 0 Å². The number of alkyl halides is 1. The van der Waals surface area contributed by atoms with Gasteiger partial charge in [-0.1, -0.05) is 20.8 Å². The first-order valence-corrected chi connectivity index (χ1v) is 13.3. The van der Waals surface area contributed by atoms with Crippen molar-refractivity contribution in [2.45, 2.75) is 104 Å². The number of halogens is 1. The number of hydrogen-bond donors (Lipinski definition) is 2. The molecule has 10 heteroatoms. The van der Waals surface area contributed by atoms with Crippen molar-refractivity contribution >= 4 is 29.2 Å². The SMILES string of the molecule is CC[C@H]1C(=O)C(C)(C)[C@@H](O)CC(=O)O[C@H](C(C)=Cc2csc(C)n2)C[C@H]2O[C@@]2(F)CCO[C@@H](C)[C@H]1O. The van der Waals surface area contributed by atoms with Crippen LogP contribution in [0.1, 0.15) is 71.0 Å². The molecule has 0 aromatic carbocycles. The molecule has 2 saturated heterocycles. The van der Waals surface area contributed by atoms with Gasteiger partial charge in [0, 0.05) is 24.1 Å². The van der Waals surface area contributed by atoms with Crippen molar-refractivity contribution in [3.8, 4) is 0 Å². The summed E-state index contributed by atoms with van der Waals surface area (Å²) in [6, 6.07) is 0. The van der Waals surface area contributed by atoms with Gasteiger partial charge in [-0.3, -0.25) is 9.59 Å². The smallest absolute Gasteiger partial charge is 0.309 e. The van der Waals surface area contributed by atoms with E-state index in [1.807, 2.05) is 12.3 Å². The highest BCUT2D eigenvalue weighted by Crippen LogP contribution is 2.45. The maximum Gasteiger partial charge on any atom is 0.309 e. The van der Waals surface area contributed by atoms with Crippen LogP contribution in [0.5, 0.6) is 0 Å². The van der Waals surface area contributed by atoms with E-state index in [0.717, 1.165) is 5.01 Å². The Kier molecular flexibility index (Phi) is 9.09. The van der Waals surface area contributed by atoms with Crippen LogP contribution in [0.2, 0.25) is 0 Å². The molecule has 0 aliphatic carbocycles. The lowest BCUT2D eigenvalue weighted by Crippen LogP contribution is -2.48. The van der Waals surface area contributed by atoms with Crippen molar-refractivity contribution in [2.24, 2.45) is 11.3 Å². The highest BCUT2D eigenvalue weighted by atomic mass is 32.1. The largest absolute Gasteiger partial charge is 0.458 e. The van der Waals surface area contributed by atoms with Crippen molar-refractivity contribution in [3.05, 3.63) is 21.7 Å². The van der Waals surface area contributed by atoms with Crippen LogP contribution < -0.4 is 0 Å². The van der Waals surface area contributed by atoms with Crippen molar-refractivity contribution in [1.82, 2.24) is 4.98 Å². The number of aliphatic hydroxyl groups excluding tert-OH is 2. The third kappa shape index (κ3) is 6.58. The monoisotopic (exact) mass is 527 g/mol. The Balaban J connectivity index is 1.87. The molecule has 2 fully saturated rings. The molecule has 0 spiro atoms. The van der Waals surface area contributed by atoms with Crippen LogP contribution in [0.15, 0.2) is 11.0 Å². The van der Waals surface area contributed by atoms with Gasteiger partial charge in [0.1, 0.15) is 18.0 Å². The van der Waals surface area contributed by atoms with Crippen LogP contribution in [0.25, 0.3) is 6.08 Å². The summed E-state index contributed by atoms with van der Waals surface area (Å²) in [4.78, 5) is 30.6. The number of rotatable bonds is 3. The van der Waals surface area contributed by atoms with Gasteiger partial charge in [-0.25, -0.2) is 9.37 Å². The van der Waals surface area contributed by atoms with Gasteiger partial charge in [0.2, 0.25) is 5.85 Å². The third-order valence-corrected chi connectivity index (χ3v) is 8.10. The molecule has 1 aromatic rings. The Morgan fingerprint density at radius 2 is 2.03 bits per heavy atom. The normalized spacial score (nSPS) is 36.8. The van der Waals surface area contributed by atoms with Gasteiger partial charge in [-0.05, 0) is 38.8 Å². The van der Waals surface area contributed by atoms with Crippen LogP contribution in [0, 0.1) is 18.3 Å². The van der Waals surface area contributed by atoms with E-state index in [2.05, 4.69) is 4.98 Å². The number of carbonyl (C=O) groups excluding carboxylic acids is 2. The van der Waals surface area contributed by atoms with Gasteiger partial charge >= 0.3 is 5.97 Å². The molecule has 0 unspecified atom stereocenters. The van der Waals surface area contributed by atoms with Crippen LogP contribution in [-0.2, 0) is 23.8 Å². The number of Topliss-reactive ketones (excluding diaryl/α,β-unsaturated/α-hetero) is 1. The summed E-state index contributed by atoms with van der Waals surface area (Å²) >= 11 is 1.49. The van der Waals surface area contributed by atoms with E-state index in [9.17, 15) is 19.8 Å². The van der Waals surface area contributed by atoms with Crippen LogP contribution in [0.3, 0.4) is 0 Å². The Morgan fingerprint density at radius 1 is 1.33 bits per heavy atom.